The highest BCUT2D eigenvalue weighted by Crippen LogP contribution is 1.96. The van der Waals surface area contributed by atoms with Gasteiger partial charge < -0.3 is 24.0 Å². The molecule has 12 heavy (non-hydrogen) atoms. The minimum Gasteiger partial charge on any atom is -1.00 e. The third-order valence-electron chi connectivity index (χ3n) is 1.25. The van der Waals surface area contributed by atoms with Gasteiger partial charge in [0.1, 0.15) is 5.56 Å². The Morgan fingerprint density at radius 3 is 2.75 bits per heavy atom. The largest absolute Gasteiger partial charge is 1.00 e. The first kappa shape index (κ1) is 11.3. The second-order valence-electron chi connectivity index (χ2n) is 2.12. The molecule has 0 saturated heterocycles. The Kier molecular flexibility index (Phi) is 4.75. The summed E-state index contributed by atoms with van der Waals surface area (Å²) >= 11 is 0. The number of aromatic amines is 1. The van der Waals surface area contributed by atoms with E-state index in [1.54, 1.807) is 18.3 Å². The van der Waals surface area contributed by atoms with Gasteiger partial charge in [-0.1, -0.05) is 0 Å². The van der Waals surface area contributed by atoms with Gasteiger partial charge in [-0.3, -0.25) is 10.0 Å². The molecule has 0 bridgehead atoms. The van der Waals surface area contributed by atoms with Crippen LogP contribution in [0.25, 0.3) is 0 Å². The molecule has 0 radical (unpaired) electrons. The van der Waals surface area contributed by atoms with Crippen molar-refractivity contribution >= 4 is 5.91 Å². The number of carbonyl (C=O) groups is 1. The topological polar surface area (TPSA) is 54.7 Å². The molecule has 0 saturated carbocycles. The van der Waals surface area contributed by atoms with E-state index in [1.807, 2.05) is 0 Å². The number of amides is 1. The maximum Gasteiger partial charge on any atom is 0.283 e. The van der Waals surface area contributed by atoms with E-state index in [0.717, 1.165) is 0 Å². The van der Waals surface area contributed by atoms with Gasteiger partial charge in [0, 0.05) is 13.1 Å². The average Bonchev–Trinajstić information content (AvgIpc) is 2.05. The van der Waals surface area contributed by atoms with Crippen LogP contribution >= 0.6 is 0 Å². The van der Waals surface area contributed by atoms with E-state index in [-0.39, 0.29) is 24.0 Å². The second kappa shape index (κ2) is 5.04. The van der Waals surface area contributed by atoms with Crippen LogP contribution in [-0.2, 0) is 0 Å². The lowest BCUT2D eigenvalue weighted by Gasteiger charge is -2.04. The molecule has 0 atom stereocenters. The first-order valence-electron chi connectivity index (χ1n) is 3.15. The van der Waals surface area contributed by atoms with Crippen LogP contribution in [0.5, 0.6) is 0 Å². The lowest BCUT2D eigenvalue weighted by atomic mass is 10.3. The molecule has 0 unspecified atom stereocenters. The number of nitrogens with zero attached hydrogens (tertiary/aromatic N) is 1. The molecule has 66 valence electrons. The minimum atomic E-state index is -0.429. The molecule has 4 nitrogen and oxygen atoms in total. The standard InChI is InChI=1S/C7H8N2O2.HI/c1-9(11)7(10)6-3-2-4-8-5-6;/h2-5,11H,1H3;1H. The van der Waals surface area contributed by atoms with E-state index in [1.165, 1.54) is 13.2 Å². The highest BCUT2D eigenvalue weighted by molar-refractivity contribution is 5.92. The van der Waals surface area contributed by atoms with Gasteiger partial charge in [0.25, 0.3) is 5.91 Å². The van der Waals surface area contributed by atoms with Crippen LogP contribution in [0.2, 0.25) is 0 Å². The van der Waals surface area contributed by atoms with Crippen LogP contribution < -0.4 is 29.0 Å². The molecule has 1 aromatic rings. The third kappa shape index (κ3) is 2.74. The summed E-state index contributed by atoms with van der Waals surface area (Å²) < 4.78 is 0. The molecule has 2 N–H and O–H groups in total. The van der Waals surface area contributed by atoms with Crippen LogP contribution in [0.3, 0.4) is 0 Å². The van der Waals surface area contributed by atoms with Crippen molar-refractivity contribution < 1.29 is 39.0 Å². The molecule has 0 spiro atoms. The van der Waals surface area contributed by atoms with E-state index >= 15 is 0 Å². The quantitative estimate of drug-likeness (QED) is 0.338. The zero-order valence-electron chi connectivity index (χ0n) is 6.49. The Balaban J connectivity index is 0.00000121. The van der Waals surface area contributed by atoms with Gasteiger partial charge in [-0.25, -0.2) is 10.0 Å². The van der Waals surface area contributed by atoms with Crippen molar-refractivity contribution in [2.75, 3.05) is 7.05 Å². The number of H-pyrrole nitrogens is 1. The van der Waals surface area contributed by atoms with Crippen molar-refractivity contribution in [1.82, 2.24) is 5.06 Å². The number of hydrogen-bond acceptors (Lipinski definition) is 2. The first-order chi connectivity index (χ1) is 5.22. The molecular weight excluding hydrogens is 271 g/mol. The Hall–Kier alpha value is -0.690. The first-order valence-corrected chi connectivity index (χ1v) is 3.15. The summed E-state index contributed by atoms with van der Waals surface area (Å²) in [7, 11) is 1.29. The molecule has 1 aromatic heterocycles. The number of nitrogens with one attached hydrogen (secondary N) is 1. The van der Waals surface area contributed by atoms with E-state index in [9.17, 15) is 4.79 Å². The molecule has 0 aliphatic carbocycles. The predicted molar refractivity (Wildman–Crippen MR) is 36.9 cm³/mol. The van der Waals surface area contributed by atoms with Crippen LogP contribution in [0.4, 0.5) is 0 Å². The maximum atomic E-state index is 11.0. The van der Waals surface area contributed by atoms with E-state index in [0.29, 0.717) is 10.6 Å². The number of carbonyl (C=O) groups excluding carboxylic acids is 1. The van der Waals surface area contributed by atoms with Crippen molar-refractivity contribution in [3.05, 3.63) is 30.1 Å². The summed E-state index contributed by atoms with van der Waals surface area (Å²) in [4.78, 5) is 13.7. The monoisotopic (exact) mass is 280 g/mol. The molecule has 5 heteroatoms. The molecule has 0 aliphatic rings. The summed E-state index contributed by atoms with van der Waals surface area (Å²) in [6, 6.07) is 3.31. The molecular formula is C7H9IN2O2. The van der Waals surface area contributed by atoms with Gasteiger partial charge in [0.2, 0.25) is 0 Å². The Morgan fingerprint density at radius 1 is 1.67 bits per heavy atom. The summed E-state index contributed by atoms with van der Waals surface area (Å²) in [5, 5.41) is 9.29. The number of hydroxylamine groups is 2. The minimum absolute atomic E-state index is 0. The maximum absolute atomic E-state index is 11.0. The Labute approximate surface area is 87.2 Å². The highest BCUT2D eigenvalue weighted by Gasteiger charge is 2.09. The number of rotatable bonds is 1. The number of aromatic nitrogens is 1. The smallest absolute Gasteiger partial charge is 0.283 e. The van der Waals surface area contributed by atoms with Crippen molar-refractivity contribution in [3.63, 3.8) is 0 Å². The molecule has 0 fully saturated rings. The summed E-state index contributed by atoms with van der Waals surface area (Å²) in [5.41, 5.74) is 0.428. The number of pyridine rings is 1. The molecule has 1 heterocycles. The van der Waals surface area contributed by atoms with Crippen LogP contribution in [0.15, 0.2) is 24.5 Å². The van der Waals surface area contributed by atoms with Gasteiger partial charge >= 0.3 is 0 Å². The fourth-order valence-electron chi connectivity index (χ4n) is 0.713. The fourth-order valence-corrected chi connectivity index (χ4v) is 0.713. The van der Waals surface area contributed by atoms with Crippen molar-refractivity contribution in [2.24, 2.45) is 0 Å². The SMILES string of the molecule is CN(O)C(=O)c1ccc[nH+]c1.[I-]. The lowest BCUT2D eigenvalue weighted by Crippen LogP contribution is -3.00. The highest BCUT2D eigenvalue weighted by atomic mass is 127. The Bertz CT molecular complexity index is 251. The summed E-state index contributed by atoms with van der Waals surface area (Å²) in [5.74, 6) is -0.429. The number of halogens is 1. The van der Waals surface area contributed by atoms with Gasteiger partial charge in [-0.05, 0) is 6.07 Å². The van der Waals surface area contributed by atoms with Crippen molar-refractivity contribution in [3.8, 4) is 0 Å². The van der Waals surface area contributed by atoms with Gasteiger partial charge in [-0.2, -0.15) is 0 Å². The van der Waals surface area contributed by atoms with Gasteiger partial charge in [-0.15, -0.1) is 0 Å². The molecule has 1 rings (SSSR count). The predicted octanol–water partition coefficient (Wildman–Crippen LogP) is -3.03. The average molecular weight is 280 g/mol. The normalized spacial score (nSPS) is 8.50. The molecule has 0 aliphatic heterocycles. The molecule has 0 aromatic carbocycles. The third-order valence-corrected chi connectivity index (χ3v) is 1.25. The van der Waals surface area contributed by atoms with Crippen molar-refractivity contribution in [1.29, 1.82) is 0 Å². The Morgan fingerprint density at radius 2 is 2.33 bits per heavy atom. The van der Waals surface area contributed by atoms with E-state index < -0.39 is 5.91 Å². The van der Waals surface area contributed by atoms with Crippen LogP contribution in [0.1, 0.15) is 10.4 Å². The van der Waals surface area contributed by atoms with E-state index in [4.69, 9.17) is 5.21 Å². The zero-order chi connectivity index (χ0) is 8.27. The van der Waals surface area contributed by atoms with Crippen LogP contribution in [0, 0.1) is 0 Å². The number of hydrogen-bond donors (Lipinski definition) is 1. The van der Waals surface area contributed by atoms with Gasteiger partial charge in [0.05, 0.1) is 0 Å². The summed E-state index contributed by atoms with van der Waals surface area (Å²) in [6.45, 7) is 0. The second-order valence-corrected chi connectivity index (χ2v) is 2.12. The summed E-state index contributed by atoms with van der Waals surface area (Å²) in [6.07, 6.45) is 3.21. The zero-order valence-corrected chi connectivity index (χ0v) is 8.65. The van der Waals surface area contributed by atoms with Crippen LogP contribution in [-0.4, -0.2) is 23.2 Å². The van der Waals surface area contributed by atoms with Crippen molar-refractivity contribution in [2.45, 2.75) is 0 Å². The van der Waals surface area contributed by atoms with E-state index in [2.05, 4.69) is 4.98 Å². The van der Waals surface area contributed by atoms with Gasteiger partial charge in [0.15, 0.2) is 12.4 Å². The molecule has 1 amide bonds. The lowest BCUT2D eigenvalue weighted by molar-refractivity contribution is -0.378. The fraction of sp³-hybridized carbons (Fsp3) is 0.143.